The number of hydrogen-bond donors (Lipinski definition) is 0. The molecule has 34 heavy (non-hydrogen) atoms. The van der Waals surface area contributed by atoms with Crippen LogP contribution in [0.2, 0.25) is 0 Å². The first-order valence-corrected chi connectivity index (χ1v) is 11.2. The maximum Gasteiger partial charge on any atom is 0.339 e. The number of carbonyl (C=O) groups excluding carboxylic acids is 1. The molecule has 10 heteroatoms. The molecule has 0 N–H and O–H groups in total. The van der Waals surface area contributed by atoms with Gasteiger partial charge < -0.3 is 23.1 Å². The lowest BCUT2D eigenvalue weighted by atomic mass is 10.1. The molecule has 0 fully saturated rings. The Kier molecular flexibility index (Phi) is 6.16. The first-order chi connectivity index (χ1) is 16.2. The van der Waals surface area contributed by atoms with Crippen LogP contribution in [-0.2, 0) is 10.1 Å². The van der Waals surface area contributed by atoms with Crippen molar-refractivity contribution in [2.24, 2.45) is 0 Å². The average molecular weight is 486 g/mol. The molecule has 0 bridgehead atoms. The maximum absolute atomic E-state index is 13.1. The molecule has 0 amide bonds. The van der Waals surface area contributed by atoms with Gasteiger partial charge in [0.2, 0.25) is 11.5 Å². The predicted octanol–water partition coefficient (Wildman–Crippen LogP) is 4.24. The van der Waals surface area contributed by atoms with E-state index in [9.17, 15) is 17.6 Å². The lowest BCUT2D eigenvalue weighted by Gasteiger charge is -2.13. The van der Waals surface area contributed by atoms with Crippen LogP contribution < -0.4 is 23.1 Å². The highest BCUT2D eigenvalue weighted by Gasteiger charge is 2.29. The number of methoxy groups -OCH3 is 3. The summed E-state index contributed by atoms with van der Waals surface area (Å²) in [4.78, 5) is 12.6. The monoisotopic (exact) mass is 486 g/mol. The number of carbonyl (C=O) groups is 1. The summed E-state index contributed by atoms with van der Waals surface area (Å²) < 4.78 is 64.8. The van der Waals surface area contributed by atoms with Crippen molar-refractivity contribution in [3.05, 3.63) is 77.3 Å². The van der Waals surface area contributed by atoms with E-state index in [1.807, 2.05) is 0 Å². The zero-order chi connectivity index (χ0) is 24.5. The van der Waals surface area contributed by atoms with Gasteiger partial charge in [-0.1, -0.05) is 0 Å². The third kappa shape index (κ3) is 4.40. The van der Waals surface area contributed by atoms with Crippen molar-refractivity contribution in [3.63, 3.8) is 0 Å². The Bertz CT molecular complexity index is 1370. The predicted molar refractivity (Wildman–Crippen MR) is 120 cm³/mol. The fourth-order valence-corrected chi connectivity index (χ4v) is 4.25. The molecule has 8 nitrogen and oxygen atoms in total. The number of rotatable bonds is 7. The summed E-state index contributed by atoms with van der Waals surface area (Å²) in [6.45, 7) is 0. The number of ether oxygens (including phenoxy) is 4. The van der Waals surface area contributed by atoms with Gasteiger partial charge in [-0.3, -0.25) is 4.79 Å². The van der Waals surface area contributed by atoms with Crippen LogP contribution >= 0.6 is 0 Å². The molecular weight excluding hydrogens is 467 g/mol. The van der Waals surface area contributed by atoms with Crippen molar-refractivity contribution in [1.82, 2.24) is 0 Å². The maximum atomic E-state index is 13.1. The highest BCUT2D eigenvalue weighted by atomic mass is 32.2. The van der Waals surface area contributed by atoms with Crippen molar-refractivity contribution in [2.45, 2.75) is 4.90 Å². The largest absolute Gasteiger partial charge is 0.493 e. The van der Waals surface area contributed by atoms with Crippen LogP contribution in [0.1, 0.15) is 15.9 Å². The molecule has 1 aliphatic rings. The van der Waals surface area contributed by atoms with Gasteiger partial charge in [0.1, 0.15) is 22.2 Å². The standard InChI is InChI=1S/C24H19FO8S/c1-29-21-11-14(12-22(30-2)24(21)31-3)10-20-23(26)18-9-6-16(13-19(18)32-20)33-34(27,28)17-7-4-15(25)5-8-17/h4-13H,1-3H3/b20-10+. The van der Waals surface area contributed by atoms with Gasteiger partial charge >= 0.3 is 10.1 Å². The minimum absolute atomic E-state index is 0.0165. The molecule has 0 saturated heterocycles. The summed E-state index contributed by atoms with van der Waals surface area (Å²) >= 11 is 0. The molecule has 0 saturated carbocycles. The molecule has 1 heterocycles. The van der Waals surface area contributed by atoms with E-state index in [-0.39, 0.29) is 27.7 Å². The molecule has 1 aliphatic heterocycles. The first-order valence-electron chi connectivity index (χ1n) is 9.84. The van der Waals surface area contributed by atoms with E-state index in [1.165, 1.54) is 45.6 Å². The van der Waals surface area contributed by atoms with Gasteiger partial charge in [-0.2, -0.15) is 8.42 Å². The Hall–Kier alpha value is -4.05. The molecule has 0 unspecified atom stereocenters. The summed E-state index contributed by atoms with van der Waals surface area (Å²) in [7, 11) is 0.224. The van der Waals surface area contributed by atoms with Gasteiger partial charge in [0.15, 0.2) is 17.3 Å². The van der Waals surface area contributed by atoms with Gasteiger partial charge in [0.25, 0.3) is 0 Å². The molecular formula is C24H19FO8S. The topological polar surface area (TPSA) is 97.4 Å². The van der Waals surface area contributed by atoms with Crippen LogP contribution in [0.5, 0.6) is 28.7 Å². The lowest BCUT2D eigenvalue weighted by Crippen LogP contribution is -2.09. The molecule has 3 aromatic rings. The van der Waals surface area contributed by atoms with Crippen LogP contribution in [0.15, 0.2) is 65.3 Å². The average Bonchev–Trinajstić information content (AvgIpc) is 3.12. The van der Waals surface area contributed by atoms with E-state index in [0.29, 0.717) is 22.8 Å². The summed E-state index contributed by atoms with van der Waals surface area (Å²) in [6.07, 6.45) is 1.50. The molecule has 176 valence electrons. The lowest BCUT2D eigenvalue weighted by molar-refractivity contribution is 0.101. The minimum Gasteiger partial charge on any atom is -0.493 e. The molecule has 0 aliphatic carbocycles. The van der Waals surface area contributed by atoms with E-state index in [4.69, 9.17) is 23.1 Å². The molecule has 0 spiro atoms. The Morgan fingerprint density at radius 2 is 1.53 bits per heavy atom. The zero-order valence-corrected chi connectivity index (χ0v) is 19.1. The number of fused-ring (bicyclic) bond motifs is 1. The Morgan fingerprint density at radius 3 is 2.12 bits per heavy atom. The normalized spacial score (nSPS) is 13.9. The SMILES string of the molecule is COc1cc(/C=C2/Oc3cc(OS(=O)(=O)c4ccc(F)cc4)ccc3C2=O)cc(OC)c1OC. The highest BCUT2D eigenvalue weighted by molar-refractivity contribution is 7.87. The highest BCUT2D eigenvalue weighted by Crippen LogP contribution is 2.40. The number of ketones is 1. The number of Topliss-reactive ketones (excluding diaryl/α,β-unsaturated/α-hetero) is 1. The van der Waals surface area contributed by atoms with Crippen LogP contribution in [0, 0.1) is 5.82 Å². The van der Waals surface area contributed by atoms with Gasteiger partial charge in [0.05, 0.1) is 26.9 Å². The number of hydrogen-bond acceptors (Lipinski definition) is 8. The third-order valence-corrected chi connectivity index (χ3v) is 6.20. The van der Waals surface area contributed by atoms with Crippen molar-refractivity contribution >= 4 is 22.0 Å². The molecule has 0 aromatic heterocycles. The molecule has 3 aromatic carbocycles. The second-order valence-corrected chi connectivity index (χ2v) is 8.59. The van der Waals surface area contributed by atoms with E-state index >= 15 is 0 Å². The number of allylic oxidation sites excluding steroid dienone is 1. The van der Waals surface area contributed by atoms with E-state index in [1.54, 1.807) is 12.1 Å². The van der Waals surface area contributed by atoms with Crippen LogP contribution in [0.3, 0.4) is 0 Å². The van der Waals surface area contributed by atoms with Crippen LogP contribution in [-0.4, -0.2) is 35.5 Å². The Morgan fingerprint density at radius 1 is 0.882 bits per heavy atom. The second kappa shape index (κ2) is 9.06. The Balaban J connectivity index is 1.62. The molecule has 4 rings (SSSR count). The Labute approximate surface area is 195 Å². The second-order valence-electron chi connectivity index (χ2n) is 7.05. The van der Waals surface area contributed by atoms with Crippen molar-refractivity contribution in [2.75, 3.05) is 21.3 Å². The van der Waals surface area contributed by atoms with Gasteiger partial charge in [-0.15, -0.1) is 0 Å². The summed E-state index contributed by atoms with van der Waals surface area (Å²) in [5.41, 5.74) is 0.797. The number of halogens is 1. The van der Waals surface area contributed by atoms with Crippen molar-refractivity contribution in [1.29, 1.82) is 0 Å². The van der Waals surface area contributed by atoms with Gasteiger partial charge in [0, 0.05) is 6.07 Å². The van der Waals surface area contributed by atoms with Gasteiger partial charge in [-0.25, -0.2) is 4.39 Å². The molecule has 0 radical (unpaired) electrons. The van der Waals surface area contributed by atoms with E-state index in [2.05, 4.69) is 0 Å². The summed E-state index contributed by atoms with van der Waals surface area (Å²) in [5, 5.41) is 0. The van der Waals surface area contributed by atoms with Crippen LogP contribution in [0.25, 0.3) is 6.08 Å². The van der Waals surface area contributed by atoms with Crippen LogP contribution in [0.4, 0.5) is 4.39 Å². The zero-order valence-electron chi connectivity index (χ0n) is 18.3. The fraction of sp³-hybridized carbons (Fsp3) is 0.125. The number of benzene rings is 3. The first kappa shape index (κ1) is 23.1. The third-order valence-electron chi connectivity index (χ3n) is 4.93. The molecule has 0 atom stereocenters. The van der Waals surface area contributed by atoms with Crippen molar-refractivity contribution in [3.8, 4) is 28.7 Å². The van der Waals surface area contributed by atoms with Gasteiger partial charge in [-0.05, 0) is 60.2 Å². The summed E-state index contributed by atoms with van der Waals surface area (Å²) in [6, 6.07) is 11.6. The quantitative estimate of drug-likeness (QED) is 0.362. The summed E-state index contributed by atoms with van der Waals surface area (Å²) in [5.74, 6) is 0.324. The van der Waals surface area contributed by atoms with Crippen molar-refractivity contribution < 1.29 is 40.7 Å². The van der Waals surface area contributed by atoms with E-state index in [0.717, 1.165) is 24.3 Å². The smallest absolute Gasteiger partial charge is 0.339 e. The van der Waals surface area contributed by atoms with E-state index < -0.39 is 21.7 Å². The minimum atomic E-state index is -4.21. The fourth-order valence-electron chi connectivity index (χ4n) is 3.33.